The van der Waals surface area contributed by atoms with E-state index in [-0.39, 0.29) is 23.5 Å². The van der Waals surface area contributed by atoms with Crippen LogP contribution in [-0.2, 0) is 0 Å². The molecular weight excluding hydrogens is 388 g/mol. The first-order valence-corrected chi connectivity index (χ1v) is 9.24. The summed E-state index contributed by atoms with van der Waals surface area (Å²) in [6.07, 6.45) is -1.52. The van der Waals surface area contributed by atoms with Crippen LogP contribution in [0.1, 0.15) is 33.5 Å². The molecule has 1 aromatic heterocycles. The summed E-state index contributed by atoms with van der Waals surface area (Å²) in [6, 6.07) is 13.0. The Bertz CT molecular complexity index is 1000. The Morgan fingerprint density at radius 2 is 1.93 bits per heavy atom. The van der Waals surface area contributed by atoms with Crippen LogP contribution in [-0.4, -0.2) is 20.8 Å². The van der Waals surface area contributed by atoms with E-state index >= 15 is 0 Å². The molecule has 0 aliphatic heterocycles. The van der Waals surface area contributed by atoms with Crippen LogP contribution < -0.4 is 0 Å². The predicted octanol–water partition coefficient (Wildman–Crippen LogP) is 4.99. The zero-order valence-corrected chi connectivity index (χ0v) is 15.8. The quantitative estimate of drug-likeness (QED) is 0.356. The summed E-state index contributed by atoms with van der Waals surface area (Å²) in [6.45, 7) is 1.72. The van der Waals surface area contributed by atoms with Gasteiger partial charge < -0.3 is 5.11 Å². The molecule has 0 saturated heterocycles. The minimum absolute atomic E-state index is 0.121. The van der Waals surface area contributed by atoms with Crippen molar-refractivity contribution in [3.8, 4) is 10.6 Å². The number of aryl methyl sites for hydroxylation is 1. The number of hydrogen-bond donors (Lipinski definition) is 1. The van der Waals surface area contributed by atoms with Crippen LogP contribution in [0.4, 0.5) is 5.69 Å². The van der Waals surface area contributed by atoms with Gasteiger partial charge >= 0.3 is 0 Å². The van der Waals surface area contributed by atoms with Gasteiger partial charge in [-0.3, -0.25) is 14.9 Å². The molecule has 0 unspecified atom stereocenters. The van der Waals surface area contributed by atoms with Gasteiger partial charge in [-0.25, -0.2) is 4.98 Å². The largest absolute Gasteiger partial charge is 0.388 e. The number of aromatic nitrogens is 1. The van der Waals surface area contributed by atoms with Crippen LogP contribution in [0.5, 0.6) is 0 Å². The molecule has 0 saturated carbocycles. The number of rotatable bonds is 6. The van der Waals surface area contributed by atoms with E-state index < -0.39 is 11.0 Å². The van der Waals surface area contributed by atoms with Crippen molar-refractivity contribution in [2.45, 2.75) is 19.4 Å². The Labute approximate surface area is 164 Å². The molecule has 0 spiro atoms. The SMILES string of the molecule is Cc1nc(-c2ccc(Cl)cc2)sc1C(=O)C[C@H](O)c1ccccc1[N+](=O)[O-]. The normalized spacial score (nSPS) is 12.0. The van der Waals surface area contributed by atoms with E-state index in [2.05, 4.69) is 4.98 Å². The number of thiazole rings is 1. The smallest absolute Gasteiger partial charge is 0.275 e. The Hall–Kier alpha value is -2.61. The van der Waals surface area contributed by atoms with Gasteiger partial charge in [0, 0.05) is 23.1 Å². The van der Waals surface area contributed by atoms with Crippen LogP contribution in [0.15, 0.2) is 48.5 Å². The van der Waals surface area contributed by atoms with Crippen molar-refractivity contribution in [2.24, 2.45) is 0 Å². The van der Waals surface area contributed by atoms with Gasteiger partial charge in [0.25, 0.3) is 5.69 Å². The monoisotopic (exact) mass is 402 g/mol. The molecule has 6 nitrogen and oxygen atoms in total. The third-order valence-electron chi connectivity index (χ3n) is 4.01. The van der Waals surface area contributed by atoms with Gasteiger partial charge in [0.2, 0.25) is 0 Å². The van der Waals surface area contributed by atoms with Gasteiger partial charge in [-0.2, -0.15) is 0 Å². The van der Waals surface area contributed by atoms with Crippen molar-refractivity contribution in [1.29, 1.82) is 0 Å². The van der Waals surface area contributed by atoms with Crippen LogP contribution in [0.3, 0.4) is 0 Å². The third-order valence-corrected chi connectivity index (χ3v) is 5.51. The van der Waals surface area contributed by atoms with Crippen molar-refractivity contribution in [3.63, 3.8) is 0 Å². The molecule has 0 aliphatic rings. The van der Waals surface area contributed by atoms with Gasteiger partial charge in [-0.15, -0.1) is 11.3 Å². The third kappa shape index (κ3) is 4.21. The van der Waals surface area contributed by atoms with Gasteiger partial charge in [-0.1, -0.05) is 35.9 Å². The fraction of sp³-hybridized carbons (Fsp3) is 0.158. The number of para-hydroxylation sites is 1. The zero-order valence-electron chi connectivity index (χ0n) is 14.3. The zero-order chi connectivity index (χ0) is 19.6. The first kappa shape index (κ1) is 19.2. The Balaban J connectivity index is 1.83. The number of aliphatic hydroxyl groups excluding tert-OH is 1. The second-order valence-corrected chi connectivity index (χ2v) is 7.33. The molecule has 0 amide bonds. The summed E-state index contributed by atoms with van der Waals surface area (Å²) in [7, 11) is 0. The number of ketones is 1. The van der Waals surface area contributed by atoms with Gasteiger partial charge in [0.05, 0.1) is 27.2 Å². The average Bonchev–Trinajstić information content (AvgIpc) is 3.04. The minimum Gasteiger partial charge on any atom is -0.388 e. The summed E-state index contributed by atoms with van der Waals surface area (Å²) in [5.41, 5.74) is 1.31. The molecule has 27 heavy (non-hydrogen) atoms. The number of Topliss-reactive ketones (excluding diaryl/α,β-unsaturated/α-hetero) is 1. The number of halogens is 1. The summed E-state index contributed by atoms with van der Waals surface area (Å²) in [5.74, 6) is -0.309. The molecule has 3 aromatic rings. The van der Waals surface area contributed by atoms with E-state index in [1.54, 1.807) is 25.1 Å². The topological polar surface area (TPSA) is 93.3 Å². The number of nitrogens with zero attached hydrogens (tertiary/aromatic N) is 2. The highest BCUT2D eigenvalue weighted by Crippen LogP contribution is 2.32. The van der Waals surface area contributed by atoms with E-state index in [4.69, 9.17) is 11.6 Å². The highest BCUT2D eigenvalue weighted by atomic mass is 35.5. The van der Waals surface area contributed by atoms with E-state index in [0.29, 0.717) is 20.6 Å². The maximum Gasteiger partial charge on any atom is 0.275 e. The fourth-order valence-corrected chi connectivity index (χ4v) is 3.83. The second-order valence-electron chi connectivity index (χ2n) is 5.90. The molecule has 1 N–H and O–H groups in total. The summed E-state index contributed by atoms with van der Waals surface area (Å²) >= 11 is 7.12. The maximum absolute atomic E-state index is 12.6. The van der Waals surface area contributed by atoms with E-state index in [0.717, 1.165) is 5.56 Å². The lowest BCUT2D eigenvalue weighted by Gasteiger charge is -2.10. The number of carbonyl (C=O) groups is 1. The maximum atomic E-state index is 12.6. The summed E-state index contributed by atoms with van der Waals surface area (Å²) in [4.78, 5) is 28.0. The summed E-state index contributed by atoms with van der Waals surface area (Å²) < 4.78 is 0. The van der Waals surface area contributed by atoms with Crippen LogP contribution in [0.2, 0.25) is 5.02 Å². The average molecular weight is 403 g/mol. The molecule has 8 heteroatoms. The molecule has 138 valence electrons. The van der Waals surface area contributed by atoms with Gasteiger partial charge in [-0.05, 0) is 25.1 Å². The molecule has 1 atom stereocenters. The number of nitro groups is 1. The molecular formula is C19H15ClN2O4S. The van der Waals surface area contributed by atoms with Crippen LogP contribution >= 0.6 is 22.9 Å². The lowest BCUT2D eigenvalue weighted by Crippen LogP contribution is -2.09. The molecule has 0 aliphatic carbocycles. The van der Waals surface area contributed by atoms with E-state index in [1.807, 2.05) is 12.1 Å². The Morgan fingerprint density at radius 1 is 1.26 bits per heavy atom. The number of benzene rings is 2. The molecule has 0 fully saturated rings. The van der Waals surface area contributed by atoms with Crippen LogP contribution in [0.25, 0.3) is 10.6 Å². The molecule has 1 heterocycles. The predicted molar refractivity (Wildman–Crippen MR) is 104 cm³/mol. The van der Waals surface area contributed by atoms with Gasteiger partial charge in [0.15, 0.2) is 5.78 Å². The van der Waals surface area contributed by atoms with E-state index in [1.165, 1.54) is 29.5 Å². The molecule has 0 radical (unpaired) electrons. The Kier molecular flexibility index (Phi) is 5.65. The highest BCUT2D eigenvalue weighted by molar-refractivity contribution is 7.17. The second kappa shape index (κ2) is 7.96. The lowest BCUT2D eigenvalue weighted by molar-refractivity contribution is -0.386. The highest BCUT2D eigenvalue weighted by Gasteiger charge is 2.24. The van der Waals surface area contributed by atoms with Crippen molar-refractivity contribution in [3.05, 3.63) is 79.8 Å². The first-order valence-electron chi connectivity index (χ1n) is 8.04. The van der Waals surface area contributed by atoms with E-state index in [9.17, 15) is 20.0 Å². The molecule has 3 rings (SSSR count). The lowest BCUT2D eigenvalue weighted by atomic mass is 10.0. The Morgan fingerprint density at radius 3 is 2.59 bits per heavy atom. The molecule has 0 bridgehead atoms. The van der Waals surface area contributed by atoms with Gasteiger partial charge in [0.1, 0.15) is 5.01 Å². The van der Waals surface area contributed by atoms with Crippen molar-refractivity contribution in [1.82, 2.24) is 4.98 Å². The fourth-order valence-electron chi connectivity index (χ4n) is 2.68. The number of aliphatic hydroxyl groups is 1. The summed E-state index contributed by atoms with van der Waals surface area (Å²) in [5, 5.41) is 22.8. The van der Waals surface area contributed by atoms with Crippen molar-refractivity contribution >= 4 is 34.4 Å². The van der Waals surface area contributed by atoms with Crippen molar-refractivity contribution < 1.29 is 14.8 Å². The first-order chi connectivity index (χ1) is 12.9. The standard InChI is InChI=1S/C19H15ClN2O4S/c1-11-18(27-19(21-11)12-6-8-13(20)9-7-12)17(24)10-16(23)14-4-2-3-5-15(14)22(25)26/h2-9,16,23H,10H2,1H3/t16-/m0/s1. The number of carbonyl (C=O) groups excluding carboxylic acids is 1. The minimum atomic E-state index is -1.26. The number of hydrogen-bond acceptors (Lipinski definition) is 6. The number of nitro benzene ring substituents is 1. The van der Waals surface area contributed by atoms with Crippen molar-refractivity contribution in [2.75, 3.05) is 0 Å². The van der Waals surface area contributed by atoms with Crippen LogP contribution in [0, 0.1) is 17.0 Å². The molecule has 2 aromatic carbocycles.